The zero-order chi connectivity index (χ0) is 16.9. The van der Waals surface area contributed by atoms with Crippen molar-refractivity contribution in [1.29, 1.82) is 0 Å². The van der Waals surface area contributed by atoms with Gasteiger partial charge in [0.25, 0.3) is 5.91 Å². The number of nitrogens with zero attached hydrogens (tertiary/aromatic N) is 2. The second kappa shape index (κ2) is 7.25. The van der Waals surface area contributed by atoms with E-state index in [1.807, 2.05) is 36.4 Å². The fourth-order valence-corrected chi connectivity index (χ4v) is 3.13. The lowest BCUT2D eigenvalue weighted by Crippen LogP contribution is -2.51. The van der Waals surface area contributed by atoms with Gasteiger partial charge in [-0.15, -0.1) is 0 Å². The molecule has 1 aromatic heterocycles. The lowest BCUT2D eigenvalue weighted by atomic mass is 9.99. The maximum Gasteiger partial charge on any atom is 0.256 e. The molecule has 0 aliphatic carbocycles. The predicted molar refractivity (Wildman–Crippen MR) is 92.4 cm³/mol. The number of amides is 2. The number of likely N-dealkylation sites (tertiary alicyclic amines) is 1. The summed E-state index contributed by atoms with van der Waals surface area (Å²) >= 11 is 0. The van der Waals surface area contributed by atoms with Crippen LogP contribution in [0.4, 0.5) is 0 Å². The maximum atomic E-state index is 12.9. The number of carbonyl (C=O) groups is 2. The Hall–Kier alpha value is -2.69. The van der Waals surface area contributed by atoms with Gasteiger partial charge in [-0.1, -0.05) is 30.3 Å². The molecular weight excluding hydrogens is 302 g/mol. The highest BCUT2D eigenvalue weighted by Crippen LogP contribution is 2.23. The summed E-state index contributed by atoms with van der Waals surface area (Å²) in [6, 6.07) is 11.3. The molecule has 3 rings (SSSR count). The molecule has 1 fully saturated rings. The summed E-state index contributed by atoms with van der Waals surface area (Å²) in [6.45, 7) is 0.604. The molecule has 1 aromatic carbocycles. The SMILES string of the molecule is CNC(=O)[C@H]1CCCCN1C(=O)c1cncc(-c2ccccc2)c1. The smallest absolute Gasteiger partial charge is 0.256 e. The summed E-state index contributed by atoms with van der Waals surface area (Å²) in [5.41, 5.74) is 2.43. The van der Waals surface area contributed by atoms with E-state index in [-0.39, 0.29) is 11.8 Å². The quantitative estimate of drug-likeness (QED) is 0.944. The summed E-state index contributed by atoms with van der Waals surface area (Å²) < 4.78 is 0. The number of hydrogen-bond acceptors (Lipinski definition) is 3. The molecule has 0 spiro atoms. The summed E-state index contributed by atoms with van der Waals surface area (Å²) in [6.07, 6.45) is 5.91. The van der Waals surface area contributed by atoms with E-state index < -0.39 is 6.04 Å². The second-order valence-corrected chi connectivity index (χ2v) is 5.95. The van der Waals surface area contributed by atoms with E-state index in [0.29, 0.717) is 18.5 Å². The van der Waals surface area contributed by atoms with E-state index >= 15 is 0 Å². The fraction of sp³-hybridized carbons (Fsp3) is 0.316. The molecule has 24 heavy (non-hydrogen) atoms. The van der Waals surface area contributed by atoms with Crippen LogP contribution in [0.25, 0.3) is 11.1 Å². The Kier molecular flexibility index (Phi) is 4.89. The van der Waals surface area contributed by atoms with E-state index in [2.05, 4.69) is 10.3 Å². The standard InChI is InChI=1S/C19H21N3O2/c1-20-18(23)17-9-5-6-10-22(17)19(24)16-11-15(12-21-13-16)14-7-3-2-4-8-14/h2-4,7-8,11-13,17H,5-6,9-10H2,1H3,(H,20,23)/t17-/m1/s1. The first-order valence-electron chi connectivity index (χ1n) is 8.23. The zero-order valence-corrected chi connectivity index (χ0v) is 13.7. The van der Waals surface area contributed by atoms with Crippen LogP contribution in [-0.4, -0.2) is 41.3 Å². The van der Waals surface area contributed by atoms with Gasteiger partial charge in [-0.3, -0.25) is 14.6 Å². The monoisotopic (exact) mass is 323 g/mol. The van der Waals surface area contributed by atoms with Gasteiger partial charge in [-0.2, -0.15) is 0 Å². The first-order valence-corrected chi connectivity index (χ1v) is 8.23. The predicted octanol–water partition coefficient (Wildman–Crippen LogP) is 2.49. The Bertz CT molecular complexity index is 730. The Morgan fingerprint density at radius 1 is 1.12 bits per heavy atom. The van der Waals surface area contributed by atoms with Crippen LogP contribution in [0.2, 0.25) is 0 Å². The van der Waals surface area contributed by atoms with Gasteiger partial charge in [-0.25, -0.2) is 0 Å². The summed E-state index contributed by atoms with van der Waals surface area (Å²) in [7, 11) is 1.61. The molecule has 2 aromatic rings. The number of piperidine rings is 1. The van der Waals surface area contributed by atoms with Crippen molar-refractivity contribution < 1.29 is 9.59 Å². The molecule has 0 saturated carbocycles. The average molecular weight is 323 g/mol. The van der Waals surface area contributed by atoms with Gasteiger partial charge in [0.2, 0.25) is 5.91 Å². The van der Waals surface area contributed by atoms with Gasteiger partial charge in [0.1, 0.15) is 6.04 Å². The fourth-order valence-electron chi connectivity index (χ4n) is 3.13. The number of aromatic nitrogens is 1. The molecule has 5 heteroatoms. The van der Waals surface area contributed by atoms with Gasteiger partial charge < -0.3 is 10.2 Å². The first-order chi connectivity index (χ1) is 11.7. The number of hydrogen-bond donors (Lipinski definition) is 1. The number of nitrogens with one attached hydrogen (secondary N) is 1. The van der Waals surface area contributed by atoms with Crippen molar-refractivity contribution in [2.75, 3.05) is 13.6 Å². The zero-order valence-electron chi connectivity index (χ0n) is 13.7. The van der Waals surface area contributed by atoms with Gasteiger partial charge in [0.15, 0.2) is 0 Å². The molecule has 1 aliphatic rings. The van der Waals surface area contributed by atoms with Gasteiger partial charge in [0.05, 0.1) is 5.56 Å². The highest BCUT2D eigenvalue weighted by molar-refractivity contribution is 5.98. The van der Waals surface area contributed by atoms with Crippen LogP contribution in [0.1, 0.15) is 29.6 Å². The van der Waals surface area contributed by atoms with E-state index in [0.717, 1.165) is 24.0 Å². The largest absolute Gasteiger partial charge is 0.357 e. The van der Waals surface area contributed by atoms with Crippen molar-refractivity contribution in [3.63, 3.8) is 0 Å². The van der Waals surface area contributed by atoms with Crippen LogP contribution in [0.15, 0.2) is 48.8 Å². The van der Waals surface area contributed by atoms with Crippen molar-refractivity contribution in [3.8, 4) is 11.1 Å². The van der Waals surface area contributed by atoms with Crippen LogP contribution in [0.3, 0.4) is 0 Å². The molecule has 0 bridgehead atoms. The third-order valence-corrected chi connectivity index (χ3v) is 4.41. The summed E-state index contributed by atoms with van der Waals surface area (Å²) in [4.78, 5) is 30.9. The van der Waals surface area contributed by atoms with Crippen LogP contribution < -0.4 is 5.32 Å². The molecule has 2 heterocycles. The molecular formula is C19H21N3O2. The number of carbonyl (C=O) groups excluding carboxylic acids is 2. The topological polar surface area (TPSA) is 62.3 Å². The van der Waals surface area contributed by atoms with Crippen LogP contribution in [0, 0.1) is 0 Å². The van der Waals surface area contributed by atoms with Crippen molar-refractivity contribution >= 4 is 11.8 Å². The minimum Gasteiger partial charge on any atom is -0.357 e. The van der Waals surface area contributed by atoms with E-state index in [9.17, 15) is 9.59 Å². The minimum atomic E-state index is -0.392. The number of likely N-dealkylation sites (N-methyl/N-ethyl adjacent to an activating group) is 1. The number of rotatable bonds is 3. The third-order valence-electron chi connectivity index (χ3n) is 4.41. The highest BCUT2D eigenvalue weighted by Gasteiger charge is 2.32. The number of benzene rings is 1. The summed E-state index contributed by atoms with van der Waals surface area (Å²) in [5, 5.41) is 2.66. The van der Waals surface area contributed by atoms with Crippen LogP contribution >= 0.6 is 0 Å². The average Bonchev–Trinajstić information content (AvgIpc) is 2.67. The van der Waals surface area contributed by atoms with Gasteiger partial charge in [-0.05, 0) is 30.9 Å². The molecule has 2 amide bonds. The molecule has 5 nitrogen and oxygen atoms in total. The van der Waals surface area contributed by atoms with Gasteiger partial charge in [0, 0.05) is 31.5 Å². The molecule has 1 saturated heterocycles. The molecule has 124 valence electrons. The van der Waals surface area contributed by atoms with E-state index in [4.69, 9.17) is 0 Å². The molecule has 1 aliphatic heterocycles. The first kappa shape index (κ1) is 16.2. The lowest BCUT2D eigenvalue weighted by molar-refractivity contribution is -0.126. The molecule has 1 atom stereocenters. The molecule has 0 unspecified atom stereocenters. The Labute approximate surface area is 141 Å². The van der Waals surface area contributed by atoms with Gasteiger partial charge >= 0.3 is 0 Å². The Balaban J connectivity index is 1.88. The van der Waals surface area contributed by atoms with Crippen molar-refractivity contribution in [2.24, 2.45) is 0 Å². The molecule has 0 radical (unpaired) electrons. The van der Waals surface area contributed by atoms with E-state index in [1.165, 1.54) is 0 Å². The number of pyridine rings is 1. The second-order valence-electron chi connectivity index (χ2n) is 5.95. The normalized spacial score (nSPS) is 17.4. The maximum absolute atomic E-state index is 12.9. The van der Waals surface area contributed by atoms with Crippen LogP contribution in [0.5, 0.6) is 0 Å². The van der Waals surface area contributed by atoms with Crippen molar-refractivity contribution in [2.45, 2.75) is 25.3 Å². The van der Waals surface area contributed by atoms with E-state index in [1.54, 1.807) is 24.3 Å². The Morgan fingerprint density at radius 3 is 2.67 bits per heavy atom. The van der Waals surface area contributed by atoms with Crippen molar-refractivity contribution in [3.05, 3.63) is 54.4 Å². The Morgan fingerprint density at radius 2 is 1.92 bits per heavy atom. The van der Waals surface area contributed by atoms with Crippen molar-refractivity contribution in [1.82, 2.24) is 15.2 Å². The minimum absolute atomic E-state index is 0.102. The van der Waals surface area contributed by atoms with Crippen LogP contribution in [-0.2, 0) is 4.79 Å². The molecule has 1 N–H and O–H groups in total. The third kappa shape index (κ3) is 3.30. The highest BCUT2D eigenvalue weighted by atomic mass is 16.2. The lowest BCUT2D eigenvalue weighted by Gasteiger charge is -2.34. The summed E-state index contributed by atoms with van der Waals surface area (Å²) in [5.74, 6) is -0.233.